The number of halogens is 1. The van der Waals surface area contributed by atoms with Gasteiger partial charge in [0.1, 0.15) is 5.75 Å². The van der Waals surface area contributed by atoms with Gasteiger partial charge in [-0.2, -0.15) is 0 Å². The van der Waals surface area contributed by atoms with E-state index in [0.29, 0.717) is 6.04 Å². The van der Waals surface area contributed by atoms with Crippen molar-refractivity contribution < 1.29 is 4.74 Å². The summed E-state index contributed by atoms with van der Waals surface area (Å²) in [6, 6.07) is 4.82. The third kappa shape index (κ3) is 3.48. The Morgan fingerprint density at radius 3 is 2.50 bits per heavy atom. The molecular formula is C17H26ClNO. The molecule has 2 rings (SSSR count). The average Bonchev–Trinajstić information content (AvgIpc) is 2.40. The quantitative estimate of drug-likeness (QED) is 0.760. The number of nitrogens with zero attached hydrogens (tertiary/aromatic N) is 1. The highest BCUT2D eigenvalue weighted by molar-refractivity contribution is 6.21. The Morgan fingerprint density at radius 1 is 1.30 bits per heavy atom. The maximum absolute atomic E-state index is 6.73. The van der Waals surface area contributed by atoms with Gasteiger partial charge in [-0.3, -0.25) is 4.90 Å². The van der Waals surface area contributed by atoms with E-state index in [4.69, 9.17) is 16.3 Å². The van der Waals surface area contributed by atoms with Crippen LogP contribution in [0.1, 0.15) is 48.3 Å². The van der Waals surface area contributed by atoms with Gasteiger partial charge in [-0.05, 0) is 69.0 Å². The average molecular weight is 296 g/mol. The molecule has 1 heterocycles. The minimum atomic E-state index is 0.0569. The number of piperidine rings is 1. The van der Waals surface area contributed by atoms with E-state index in [0.717, 1.165) is 12.3 Å². The maximum Gasteiger partial charge on any atom is 0.119 e. The monoisotopic (exact) mass is 295 g/mol. The second kappa shape index (κ2) is 6.82. The molecular weight excluding hydrogens is 270 g/mol. The predicted molar refractivity (Wildman–Crippen MR) is 85.9 cm³/mol. The number of rotatable bonds is 4. The van der Waals surface area contributed by atoms with Crippen LogP contribution < -0.4 is 4.74 Å². The summed E-state index contributed by atoms with van der Waals surface area (Å²) in [5, 5.41) is 0.0569. The van der Waals surface area contributed by atoms with Gasteiger partial charge in [0.2, 0.25) is 0 Å². The Kier molecular flexibility index (Phi) is 5.34. The van der Waals surface area contributed by atoms with Crippen LogP contribution in [-0.4, -0.2) is 31.1 Å². The molecule has 112 valence electrons. The minimum Gasteiger partial charge on any atom is -0.497 e. The van der Waals surface area contributed by atoms with Crippen LogP contribution >= 0.6 is 11.6 Å². The van der Waals surface area contributed by atoms with Crippen LogP contribution in [0.15, 0.2) is 12.1 Å². The van der Waals surface area contributed by atoms with Crippen molar-refractivity contribution in [1.82, 2.24) is 4.90 Å². The highest BCUT2D eigenvalue weighted by atomic mass is 35.5. The van der Waals surface area contributed by atoms with Crippen LogP contribution in [0.2, 0.25) is 0 Å². The zero-order valence-corrected chi connectivity index (χ0v) is 13.8. The Bertz CT molecular complexity index is 437. The second-order valence-electron chi connectivity index (χ2n) is 5.98. The number of methoxy groups -OCH3 is 1. The summed E-state index contributed by atoms with van der Waals surface area (Å²) in [5.41, 5.74) is 3.73. The molecule has 2 nitrogen and oxygen atoms in total. The first-order valence-electron chi connectivity index (χ1n) is 7.56. The van der Waals surface area contributed by atoms with Crippen molar-refractivity contribution in [1.29, 1.82) is 0 Å². The number of likely N-dealkylation sites (tertiary alicyclic amines) is 1. The SMILES string of the molecule is COc1cc(C)c(C(Cl)CN2CCCCC2C)c(C)c1. The minimum absolute atomic E-state index is 0.0569. The Morgan fingerprint density at radius 2 is 1.95 bits per heavy atom. The molecule has 1 saturated heterocycles. The summed E-state index contributed by atoms with van der Waals surface area (Å²) in [5.74, 6) is 0.916. The van der Waals surface area contributed by atoms with Crippen LogP contribution in [0, 0.1) is 13.8 Å². The molecule has 2 atom stereocenters. The molecule has 1 aliphatic rings. The third-order valence-corrected chi connectivity index (χ3v) is 4.81. The Labute approximate surface area is 128 Å². The van der Waals surface area contributed by atoms with Crippen molar-refractivity contribution in [2.24, 2.45) is 0 Å². The first kappa shape index (κ1) is 15.7. The number of aryl methyl sites for hydroxylation is 2. The first-order chi connectivity index (χ1) is 9.52. The van der Waals surface area contributed by atoms with Gasteiger partial charge in [-0.1, -0.05) is 6.42 Å². The summed E-state index contributed by atoms with van der Waals surface area (Å²) in [7, 11) is 1.71. The van der Waals surface area contributed by atoms with Crippen molar-refractivity contribution in [3.63, 3.8) is 0 Å². The molecule has 2 unspecified atom stereocenters. The molecule has 1 aromatic carbocycles. The van der Waals surface area contributed by atoms with Crippen LogP contribution in [0.25, 0.3) is 0 Å². The molecule has 0 bridgehead atoms. The fraction of sp³-hybridized carbons (Fsp3) is 0.647. The molecule has 3 heteroatoms. The zero-order chi connectivity index (χ0) is 14.7. The standard InChI is InChI=1S/C17H26ClNO/c1-12-9-15(20-4)10-13(2)17(12)16(18)11-19-8-6-5-7-14(19)3/h9-10,14,16H,5-8,11H2,1-4H3. The third-order valence-electron chi connectivity index (χ3n) is 4.45. The molecule has 0 radical (unpaired) electrons. The Balaban J connectivity index is 2.14. The van der Waals surface area contributed by atoms with Gasteiger partial charge in [0.25, 0.3) is 0 Å². The van der Waals surface area contributed by atoms with E-state index in [1.807, 2.05) is 0 Å². The lowest BCUT2D eigenvalue weighted by Gasteiger charge is -2.35. The topological polar surface area (TPSA) is 12.5 Å². The smallest absolute Gasteiger partial charge is 0.119 e. The molecule has 1 aromatic rings. The van der Waals surface area contributed by atoms with E-state index in [-0.39, 0.29) is 5.38 Å². The highest BCUT2D eigenvalue weighted by Crippen LogP contribution is 2.32. The fourth-order valence-corrected chi connectivity index (χ4v) is 3.79. The summed E-state index contributed by atoms with van der Waals surface area (Å²) >= 11 is 6.73. The lowest BCUT2D eigenvalue weighted by molar-refractivity contribution is 0.160. The van der Waals surface area contributed by atoms with Gasteiger partial charge < -0.3 is 4.74 Å². The van der Waals surface area contributed by atoms with Gasteiger partial charge >= 0.3 is 0 Å². The van der Waals surface area contributed by atoms with Crippen LogP contribution in [-0.2, 0) is 0 Å². The molecule has 1 fully saturated rings. The van der Waals surface area contributed by atoms with Crippen LogP contribution in [0.4, 0.5) is 0 Å². The predicted octanol–water partition coefficient (Wildman–Crippen LogP) is 4.47. The second-order valence-corrected chi connectivity index (χ2v) is 6.51. The number of benzene rings is 1. The summed E-state index contributed by atoms with van der Waals surface area (Å²) < 4.78 is 5.32. The normalized spacial score (nSPS) is 21.8. The van der Waals surface area contributed by atoms with Crippen molar-refractivity contribution in [2.75, 3.05) is 20.2 Å². The number of hydrogen-bond donors (Lipinski definition) is 0. The number of ether oxygens (including phenoxy) is 1. The first-order valence-corrected chi connectivity index (χ1v) is 7.99. The number of alkyl halides is 1. The van der Waals surface area contributed by atoms with E-state index >= 15 is 0 Å². The van der Waals surface area contributed by atoms with Gasteiger partial charge in [-0.25, -0.2) is 0 Å². The summed E-state index contributed by atoms with van der Waals surface area (Å²) in [6.45, 7) is 8.69. The molecule has 0 spiro atoms. The molecule has 0 saturated carbocycles. The van der Waals surface area contributed by atoms with Crippen LogP contribution in [0.3, 0.4) is 0 Å². The van der Waals surface area contributed by atoms with Gasteiger partial charge in [-0.15, -0.1) is 11.6 Å². The van der Waals surface area contributed by atoms with Gasteiger partial charge in [0, 0.05) is 12.6 Å². The molecule has 0 aliphatic carbocycles. The van der Waals surface area contributed by atoms with Crippen molar-refractivity contribution in [3.8, 4) is 5.75 Å². The van der Waals surface area contributed by atoms with E-state index in [1.165, 1.54) is 42.5 Å². The molecule has 20 heavy (non-hydrogen) atoms. The van der Waals surface area contributed by atoms with E-state index in [2.05, 4.69) is 37.8 Å². The maximum atomic E-state index is 6.73. The van der Waals surface area contributed by atoms with E-state index < -0.39 is 0 Å². The lowest BCUT2D eigenvalue weighted by Crippen LogP contribution is -2.39. The number of hydrogen-bond acceptors (Lipinski definition) is 2. The van der Waals surface area contributed by atoms with Crippen molar-refractivity contribution in [2.45, 2.75) is 51.5 Å². The van der Waals surface area contributed by atoms with Gasteiger partial charge in [0.05, 0.1) is 12.5 Å². The van der Waals surface area contributed by atoms with Crippen LogP contribution in [0.5, 0.6) is 5.75 Å². The summed E-state index contributed by atoms with van der Waals surface area (Å²) in [6.07, 6.45) is 3.95. The van der Waals surface area contributed by atoms with E-state index in [1.54, 1.807) is 7.11 Å². The van der Waals surface area contributed by atoms with Gasteiger partial charge in [0.15, 0.2) is 0 Å². The van der Waals surface area contributed by atoms with E-state index in [9.17, 15) is 0 Å². The highest BCUT2D eigenvalue weighted by Gasteiger charge is 2.23. The lowest BCUT2D eigenvalue weighted by atomic mass is 9.97. The Hall–Kier alpha value is -0.730. The molecule has 1 aliphatic heterocycles. The summed E-state index contributed by atoms with van der Waals surface area (Å²) in [4.78, 5) is 2.53. The van der Waals surface area contributed by atoms with Crippen molar-refractivity contribution >= 4 is 11.6 Å². The largest absolute Gasteiger partial charge is 0.497 e. The molecule has 0 aromatic heterocycles. The van der Waals surface area contributed by atoms with Crippen molar-refractivity contribution in [3.05, 3.63) is 28.8 Å². The fourth-order valence-electron chi connectivity index (χ4n) is 3.27. The molecule has 0 amide bonds. The molecule has 0 N–H and O–H groups in total. The zero-order valence-electron chi connectivity index (χ0n) is 13.1.